The number of hydrogen-bond acceptors (Lipinski definition) is 8. The molecule has 3 aromatic rings. The van der Waals surface area contributed by atoms with Gasteiger partial charge in [0.1, 0.15) is 5.52 Å². The van der Waals surface area contributed by atoms with Crippen molar-refractivity contribution in [2.24, 2.45) is 0 Å². The minimum Gasteiger partial charge on any atom is -0.398 e. The van der Waals surface area contributed by atoms with E-state index in [2.05, 4.69) is 32.5 Å². The van der Waals surface area contributed by atoms with Crippen molar-refractivity contribution in [2.75, 3.05) is 36.9 Å². The molecule has 0 spiro atoms. The molecule has 1 saturated heterocycles. The van der Waals surface area contributed by atoms with E-state index in [1.165, 1.54) is 17.6 Å². The average molecular weight is 466 g/mol. The van der Waals surface area contributed by atoms with E-state index in [1.807, 2.05) is 12.1 Å². The van der Waals surface area contributed by atoms with Gasteiger partial charge in [0, 0.05) is 36.1 Å². The number of hydrogen-bond donors (Lipinski definition) is 2. The highest BCUT2D eigenvalue weighted by atomic mass is 127. The Bertz CT molecular complexity index is 953. The molecule has 0 amide bonds. The maximum atomic E-state index is 7.69. The normalized spacial score (nSPS) is 14.8. The molecule has 0 saturated carbocycles. The maximum Gasteiger partial charge on any atom is 0.164 e. The maximum absolute atomic E-state index is 7.69. The Morgan fingerprint density at radius 2 is 2.04 bits per heavy atom. The summed E-state index contributed by atoms with van der Waals surface area (Å²) in [5.41, 5.74) is 8.78. The molecule has 1 aliphatic heterocycles. The molecule has 128 valence electrons. The molecule has 4 rings (SSSR count). The molecule has 7 nitrogen and oxygen atoms in total. The second-order valence-electron chi connectivity index (χ2n) is 5.54. The smallest absolute Gasteiger partial charge is 0.164 e. The first-order valence-corrected chi connectivity index (χ1v) is 9.63. The Morgan fingerprint density at radius 1 is 1.24 bits per heavy atom. The number of ether oxygens (including phenoxy) is 1. The lowest BCUT2D eigenvalue weighted by molar-refractivity contribution is 0.122. The molecule has 0 unspecified atom stereocenters. The number of halogens is 1. The molecule has 1 aliphatic rings. The van der Waals surface area contributed by atoms with Crippen LogP contribution in [0.4, 0.5) is 11.5 Å². The zero-order valence-electron chi connectivity index (χ0n) is 13.2. The third kappa shape index (κ3) is 3.07. The lowest BCUT2D eigenvalue weighted by Gasteiger charge is -2.28. The standard InChI is InChI=1S/C16H15IN6OS/c17-16-20-12-14(23-4-6-24-7-5-23)21-13(22-15(12)25-16)9-2-1-3-11(19)10(9)8-18/h1-3,8,18H,4-7,19H2. The van der Waals surface area contributed by atoms with Crippen LogP contribution in [0.25, 0.3) is 21.7 Å². The minimum absolute atomic E-state index is 0.544. The molecule has 1 aromatic carbocycles. The quantitative estimate of drug-likeness (QED) is 0.350. The van der Waals surface area contributed by atoms with Crippen LogP contribution < -0.4 is 10.6 Å². The van der Waals surface area contributed by atoms with Crippen LogP contribution in [0.2, 0.25) is 0 Å². The van der Waals surface area contributed by atoms with E-state index in [1.54, 1.807) is 6.07 Å². The zero-order valence-corrected chi connectivity index (χ0v) is 16.2. The highest BCUT2D eigenvalue weighted by molar-refractivity contribution is 14.1. The largest absolute Gasteiger partial charge is 0.398 e. The van der Waals surface area contributed by atoms with E-state index in [9.17, 15) is 0 Å². The fourth-order valence-corrected chi connectivity index (χ4v) is 4.37. The van der Waals surface area contributed by atoms with Crippen molar-refractivity contribution < 1.29 is 4.74 Å². The van der Waals surface area contributed by atoms with Crippen molar-refractivity contribution in [3.63, 3.8) is 0 Å². The molecule has 3 N–H and O–H groups in total. The van der Waals surface area contributed by atoms with Crippen LogP contribution in [0.15, 0.2) is 18.2 Å². The molecule has 0 bridgehead atoms. The predicted octanol–water partition coefficient (Wildman–Crippen LogP) is 2.77. The van der Waals surface area contributed by atoms with Crippen LogP contribution in [0.5, 0.6) is 0 Å². The van der Waals surface area contributed by atoms with Crippen LogP contribution in [-0.4, -0.2) is 47.5 Å². The second kappa shape index (κ2) is 6.81. The first-order valence-electron chi connectivity index (χ1n) is 7.73. The first-order chi connectivity index (χ1) is 12.2. The van der Waals surface area contributed by atoms with E-state index in [0.717, 1.165) is 37.8 Å². The van der Waals surface area contributed by atoms with E-state index >= 15 is 0 Å². The number of morpholine rings is 1. The number of nitrogens with two attached hydrogens (primary N) is 1. The number of aromatic nitrogens is 3. The van der Waals surface area contributed by atoms with Crippen LogP contribution in [0.3, 0.4) is 0 Å². The molecule has 25 heavy (non-hydrogen) atoms. The van der Waals surface area contributed by atoms with Gasteiger partial charge in [0.25, 0.3) is 0 Å². The summed E-state index contributed by atoms with van der Waals surface area (Å²) in [6.45, 7) is 2.89. The zero-order chi connectivity index (χ0) is 17.4. The Morgan fingerprint density at radius 3 is 2.80 bits per heavy atom. The van der Waals surface area contributed by atoms with Crippen molar-refractivity contribution in [1.29, 1.82) is 5.41 Å². The highest BCUT2D eigenvalue weighted by Gasteiger charge is 2.21. The fraction of sp³-hybridized carbons (Fsp3) is 0.250. The van der Waals surface area contributed by atoms with E-state index < -0.39 is 0 Å². The first kappa shape index (κ1) is 16.6. The van der Waals surface area contributed by atoms with E-state index in [4.69, 9.17) is 25.8 Å². The summed E-state index contributed by atoms with van der Waals surface area (Å²) in [6.07, 6.45) is 1.25. The van der Waals surface area contributed by atoms with Gasteiger partial charge in [-0.25, -0.2) is 15.0 Å². The SMILES string of the molecule is N=Cc1c(N)cccc1-c1nc(N2CCOCC2)c2nc(I)sc2n1. The Kier molecular flexibility index (Phi) is 4.52. The van der Waals surface area contributed by atoms with Crippen LogP contribution >= 0.6 is 33.9 Å². The van der Waals surface area contributed by atoms with Gasteiger partial charge >= 0.3 is 0 Å². The highest BCUT2D eigenvalue weighted by Crippen LogP contribution is 2.33. The number of anilines is 2. The lowest BCUT2D eigenvalue weighted by Crippen LogP contribution is -2.37. The summed E-state index contributed by atoms with van der Waals surface area (Å²) in [5.74, 6) is 1.39. The van der Waals surface area contributed by atoms with Crippen LogP contribution in [-0.2, 0) is 4.74 Å². The fourth-order valence-electron chi connectivity index (χ4n) is 2.84. The third-order valence-corrected chi connectivity index (χ3v) is 5.69. The number of nitrogens with one attached hydrogen (secondary N) is 1. The molecule has 0 aliphatic carbocycles. The molecular weight excluding hydrogens is 451 g/mol. The lowest BCUT2D eigenvalue weighted by atomic mass is 10.1. The number of benzene rings is 1. The summed E-state index contributed by atoms with van der Waals surface area (Å²) < 4.78 is 6.38. The monoisotopic (exact) mass is 466 g/mol. The molecule has 0 radical (unpaired) electrons. The number of thiazole rings is 1. The van der Waals surface area contributed by atoms with Gasteiger partial charge in [-0.15, -0.1) is 0 Å². The van der Waals surface area contributed by atoms with Crippen molar-refractivity contribution >= 4 is 62.0 Å². The van der Waals surface area contributed by atoms with Crippen LogP contribution in [0, 0.1) is 8.42 Å². The van der Waals surface area contributed by atoms with Crippen molar-refractivity contribution in [1.82, 2.24) is 15.0 Å². The van der Waals surface area contributed by atoms with Gasteiger partial charge in [0.2, 0.25) is 0 Å². The summed E-state index contributed by atoms with van der Waals surface area (Å²) in [7, 11) is 0. The second-order valence-corrected chi connectivity index (χ2v) is 8.27. The molecule has 2 aromatic heterocycles. The van der Waals surface area contributed by atoms with Crippen molar-refractivity contribution in [3.05, 3.63) is 26.8 Å². The van der Waals surface area contributed by atoms with Gasteiger partial charge in [0.15, 0.2) is 19.5 Å². The van der Waals surface area contributed by atoms with Crippen molar-refractivity contribution in [3.8, 4) is 11.4 Å². The van der Waals surface area contributed by atoms with Gasteiger partial charge in [-0.2, -0.15) is 0 Å². The number of rotatable bonds is 3. The molecule has 1 fully saturated rings. The van der Waals surface area contributed by atoms with Crippen molar-refractivity contribution in [2.45, 2.75) is 0 Å². The molecule has 0 atom stereocenters. The predicted molar refractivity (Wildman–Crippen MR) is 109 cm³/mol. The summed E-state index contributed by atoms with van der Waals surface area (Å²) in [5, 5.41) is 7.69. The molecule has 3 heterocycles. The summed E-state index contributed by atoms with van der Waals surface area (Å²) in [6, 6.07) is 5.53. The summed E-state index contributed by atoms with van der Waals surface area (Å²) >= 11 is 3.74. The minimum atomic E-state index is 0.544. The van der Waals surface area contributed by atoms with Gasteiger partial charge in [-0.3, -0.25) is 0 Å². The Hall–Kier alpha value is -1.85. The van der Waals surface area contributed by atoms with Crippen LogP contribution in [0.1, 0.15) is 5.56 Å². The number of fused-ring (bicyclic) bond motifs is 1. The van der Waals surface area contributed by atoms with Gasteiger partial charge in [-0.1, -0.05) is 23.5 Å². The van der Waals surface area contributed by atoms with E-state index in [-0.39, 0.29) is 0 Å². The molecule has 9 heteroatoms. The Balaban J connectivity index is 1.93. The van der Waals surface area contributed by atoms with Gasteiger partial charge in [0.05, 0.1) is 13.2 Å². The topological polar surface area (TPSA) is 101 Å². The number of nitrogen functional groups attached to an aromatic ring is 1. The molecular formula is C16H15IN6OS. The summed E-state index contributed by atoms with van der Waals surface area (Å²) in [4.78, 5) is 17.1. The number of nitrogens with zero attached hydrogens (tertiary/aromatic N) is 4. The van der Waals surface area contributed by atoms with E-state index in [0.29, 0.717) is 30.3 Å². The third-order valence-electron chi connectivity index (χ3n) is 4.05. The van der Waals surface area contributed by atoms with Gasteiger partial charge in [-0.05, 0) is 28.7 Å². The van der Waals surface area contributed by atoms with Gasteiger partial charge < -0.3 is 20.8 Å². The average Bonchev–Trinajstić information content (AvgIpc) is 3.01. The Labute approximate surface area is 161 Å².